The van der Waals surface area contributed by atoms with Gasteiger partial charge in [0, 0.05) is 19.6 Å². The van der Waals surface area contributed by atoms with Crippen LogP contribution in [-0.4, -0.2) is 24.5 Å². The number of hydrogen-bond acceptors (Lipinski definition) is 1. The standard InChI is InChI=1S/C14H22BrN/c1-4-8-16(10-12(2)3)11-13-6-5-7-14(15)9-13/h4,6,9,12H,1,5,7-8,10-11H2,2-3H3. The monoisotopic (exact) mass is 283 g/mol. The first-order valence-electron chi connectivity index (χ1n) is 6.00. The molecule has 0 heterocycles. The molecule has 0 aliphatic heterocycles. The van der Waals surface area contributed by atoms with Crippen molar-refractivity contribution in [2.45, 2.75) is 26.7 Å². The Balaban J connectivity index is 2.53. The first kappa shape index (κ1) is 13.7. The molecule has 0 aromatic carbocycles. The Morgan fingerprint density at radius 3 is 2.88 bits per heavy atom. The maximum absolute atomic E-state index is 3.83. The summed E-state index contributed by atoms with van der Waals surface area (Å²) in [6, 6.07) is 0. The van der Waals surface area contributed by atoms with Crippen LogP contribution in [0.25, 0.3) is 0 Å². The van der Waals surface area contributed by atoms with Gasteiger partial charge in [0.25, 0.3) is 0 Å². The lowest BCUT2D eigenvalue weighted by atomic mass is 10.1. The Morgan fingerprint density at radius 1 is 1.56 bits per heavy atom. The summed E-state index contributed by atoms with van der Waals surface area (Å²) in [5.74, 6) is 0.705. The van der Waals surface area contributed by atoms with Gasteiger partial charge in [-0.25, -0.2) is 0 Å². The quantitative estimate of drug-likeness (QED) is 0.663. The van der Waals surface area contributed by atoms with E-state index < -0.39 is 0 Å². The van der Waals surface area contributed by atoms with E-state index in [2.05, 4.69) is 53.4 Å². The van der Waals surface area contributed by atoms with Gasteiger partial charge >= 0.3 is 0 Å². The molecule has 0 N–H and O–H groups in total. The largest absolute Gasteiger partial charge is 0.295 e. The van der Waals surface area contributed by atoms with Gasteiger partial charge in [-0.3, -0.25) is 4.90 Å². The van der Waals surface area contributed by atoms with Crippen molar-refractivity contribution in [3.05, 3.63) is 34.9 Å². The fourth-order valence-corrected chi connectivity index (χ4v) is 2.52. The minimum Gasteiger partial charge on any atom is -0.295 e. The van der Waals surface area contributed by atoms with E-state index >= 15 is 0 Å². The molecule has 0 bridgehead atoms. The molecule has 0 unspecified atom stereocenters. The summed E-state index contributed by atoms with van der Waals surface area (Å²) in [6.45, 7) is 11.5. The highest BCUT2D eigenvalue weighted by atomic mass is 79.9. The first-order chi connectivity index (χ1) is 7.61. The Morgan fingerprint density at radius 2 is 2.31 bits per heavy atom. The summed E-state index contributed by atoms with van der Waals surface area (Å²) >= 11 is 3.59. The van der Waals surface area contributed by atoms with E-state index in [1.807, 2.05) is 6.08 Å². The summed E-state index contributed by atoms with van der Waals surface area (Å²) in [7, 11) is 0. The lowest BCUT2D eigenvalue weighted by Gasteiger charge is -2.24. The highest BCUT2D eigenvalue weighted by molar-refractivity contribution is 9.11. The van der Waals surface area contributed by atoms with Crippen molar-refractivity contribution in [2.24, 2.45) is 5.92 Å². The van der Waals surface area contributed by atoms with Crippen LogP contribution in [0.5, 0.6) is 0 Å². The number of halogens is 1. The maximum atomic E-state index is 3.83. The lowest BCUT2D eigenvalue weighted by molar-refractivity contribution is 0.291. The van der Waals surface area contributed by atoms with E-state index in [-0.39, 0.29) is 0 Å². The molecule has 0 atom stereocenters. The summed E-state index contributed by atoms with van der Waals surface area (Å²) in [6.07, 6.45) is 8.91. The van der Waals surface area contributed by atoms with Crippen molar-refractivity contribution in [3.63, 3.8) is 0 Å². The summed E-state index contributed by atoms with van der Waals surface area (Å²) in [4.78, 5) is 2.45. The molecule has 0 aromatic rings. The van der Waals surface area contributed by atoms with Crippen LogP contribution in [0.2, 0.25) is 0 Å². The van der Waals surface area contributed by atoms with Crippen molar-refractivity contribution in [1.29, 1.82) is 0 Å². The molecule has 0 fully saturated rings. The van der Waals surface area contributed by atoms with Crippen molar-refractivity contribution < 1.29 is 0 Å². The van der Waals surface area contributed by atoms with Gasteiger partial charge in [-0.05, 0) is 34.9 Å². The normalized spacial score (nSPS) is 16.3. The Labute approximate surface area is 108 Å². The minimum atomic E-state index is 0.705. The summed E-state index contributed by atoms with van der Waals surface area (Å²) in [5, 5.41) is 0. The molecule has 1 aliphatic carbocycles. The third-order valence-electron chi connectivity index (χ3n) is 2.55. The number of allylic oxidation sites excluding steroid dienone is 2. The maximum Gasteiger partial charge on any atom is 0.0234 e. The molecular weight excluding hydrogens is 262 g/mol. The summed E-state index contributed by atoms with van der Waals surface area (Å²) in [5.41, 5.74) is 1.43. The fourth-order valence-electron chi connectivity index (χ4n) is 2.00. The zero-order valence-corrected chi connectivity index (χ0v) is 12.0. The zero-order valence-electron chi connectivity index (χ0n) is 10.4. The van der Waals surface area contributed by atoms with Gasteiger partial charge in [0.1, 0.15) is 0 Å². The van der Waals surface area contributed by atoms with Crippen molar-refractivity contribution in [1.82, 2.24) is 4.90 Å². The highest BCUT2D eigenvalue weighted by Gasteiger charge is 2.09. The molecule has 1 nitrogen and oxygen atoms in total. The molecule has 2 heteroatoms. The molecule has 0 radical (unpaired) electrons. The van der Waals surface area contributed by atoms with Gasteiger partial charge in [0.05, 0.1) is 0 Å². The molecule has 1 aliphatic rings. The van der Waals surface area contributed by atoms with Crippen LogP contribution in [-0.2, 0) is 0 Å². The lowest BCUT2D eigenvalue weighted by Crippen LogP contribution is -2.30. The van der Waals surface area contributed by atoms with E-state index in [0.29, 0.717) is 5.92 Å². The second-order valence-electron chi connectivity index (χ2n) is 4.79. The number of rotatable bonds is 6. The van der Waals surface area contributed by atoms with Gasteiger partial charge in [-0.2, -0.15) is 0 Å². The number of nitrogens with zero attached hydrogens (tertiary/aromatic N) is 1. The number of hydrogen-bond donors (Lipinski definition) is 0. The van der Waals surface area contributed by atoms with E-state index in [4.69, 9.17) is 0 Å². The van der Waals surface area contributed by atoms with Crippen molar-refractivity contribution in [3.8, 4) is 0 Å². The van der Waals surface area contributed by atoms with E-state index in [1.54, 1.807) is 0 Å². The van der Waals surface area contributed by atoms with E-state index in [9.17, 15) is 0 Å². The molecule has 0 amide bonds. The third kappa shape index (κ3) is 5.13. The van der Waals surface area contributed by atoms with Crippen LogP contribution in [0.3, 0.4) is 0 Å². The predicted octanol–water partition coefficient (Wildman–Crippen LogP) is 4.13. The van der Waals surface area contributed by atoms with Gasteiger partial charge in [-0.1, -0.05) is 41.9 Å². The molecule has 90 valence electrons. The molecule has 0 saturated heterocycles. The van der Waals surface area contributed by atoms with Crippen LogP contribution < -0.4 is 0 Å². The average Bonchev–Trinajstić information content (AvgIpc) is 2.16. The Kier molecular flexibility index (Phi) is 6.07. The third-order valence-corrected chi connectivity index (χ3v) is 3.17. The molecule has 1 rings (SSSR count). The minimum absolute atomic E-state index is 0.705. The smallest absolute Gasteiger partial charge is 0.0234 e. The van der Waals surface area contributed by atoms with Gasteiger partial charge in [0.2, 0.25) is 0 Å². The predicted molar refractivity (Wildman–Crippen MR) is 75.8 cm³/mol. The first-order valence-corrected chi connectivity index (χ1v) is 6.79. The van der Waals surface area contributed by atoms with Crippen LogP contribution >= 0.6 is 15.9 Å². The van der Waals surface area contributed by atoms with Crippen LogP contribution in [0, 0.1) is 5.92 Å². The molecule has 16 heavy (non-hydrogen) atoms. The molecular formula is C14H22BrN. The second-order valence-corrected chi connectivity index (χ2v) is 5.80. The fraction of sp³-hybridized carbons (Fsp3) is 0.571. The van der Waals surface area contributed by atoms with Gasteiger partial charge < -0.3 is 0 Å². The van der Waals surface area contributed by atoms with Crippen LogP contribution in [0.15, 0.2) is 34.9 Å². The zero-order chi connectivity index (χ0) is 12.0. The van der Waals surface area contributed by atoms with Gasteiger partial charge in [-0.15, -0.1) is 6.58 Å². The van der Waals surface area contributed by atoms with E-state index in [1.165, 1.54) is 10.1 Å². The Hall–Kier alpha value is -0.340. The van der Waals surface area contributed by atoms with Crippen LogP contribution in [0.1, 0.15) is 26.7 Å². The molecule has 0 spiro atoms. The van der Waals surface area contributed by atoms with Crippen LogP contribution in [0.4, 0.5) is 0 Å². The van der Waals surface area contributed by atoms with Crippen molar-refractivity contribution >= 4 is 15.9 Å². The van der Waals surface area contributed by atoms with Crippen molar-refractivity contribution in [2.75, 3.05) is 19.6 Å². The SMILES string of the molecule is C=CCN(CC1=CCCC(Br)=C1)CC(C)C. The summed E-state index contributed by atoms with van der Waals surface area (Å²) < 4.78 is 1.33. The second kappa shape index (κ2) is 7.08. The Bertz CT molecular complexity index is 289. The van der Waals surface area contributed by atoms with Gasteiger partial charge in [0.15, 0.2) is 0 Å². The van der Waals surface area contributed by atoms with E-state index in [0.717, 1.165) is 32.5 Å². The highest BCUT2D eigenvalue weighted by Crippen LogP contribution is 2.22. The topological polar surface area (TPSA) is 3.24 Å². The molecule has 0 saturated carbocycles. The average molecular weight is 284 g/mol. The molecule has 0 aromatic heterocycles.